The molecule has 8 nitrogen and oxygen atoms in total. The van der Waals surface area contributed by atoms with Gasteiger partial charge in [-0.25, -0.2) is 4.98 Å². The van der Waals surface area contributed by atoms with Crippen LogP contribution in [0, 0.1) is 0 Å². The molecule has 0 atom stereocenters. The monoisotopic (exact) mass is 474 g/mol. The lowest BCUT2D eigenvalue weighted by molar-refractivity contribution is 0.294. The molecule has 9 heteroatoms. The molecule has 0 bridgehead atoms. The van der Waals surface area contributed by atoms with Gasteiger partial charge in [-0.2, -0.15) is 5.10 Å². The number of aliphatic imine (C=N–C) groups is 1. The minimum absolute atomic E-state index is 0. The second-order valence-electron chi connectivity index (χ2n) is 5.41. The Balaban J connectivity index is 0.00000338. The molecule has 0 aliphatic rings. The van der Waals surface area contributed by atoms with Crippen LogP contribution >= 0.6 is 24.0 Å². The summed E-state index contributed by atoms with van der Waals surface area (Å²) in [5, 5.41) is 10.5. The predicted molar refractivity (Wildman–Crippen MR) is 112 cm³/mol. The quantitative estimate of drug-likeness (QED) is 0.346. The minimum atomic E-state index is 0. The lowest BCUT2D eigenvalue weighted by Crippen LogP contribution is -2.36. The summed E-state index contributed by atoms with van der Waals surface area (Å²) in [6.07, 6.45) is 2.49. The van der Waals surface area contributed by atoms with Crippen LogP contribution in [0.2, 0.25) is 0 Å². The molecule has 2 aromatic rings. The highest BCUT2D eigenvalue weighted by Crippen LogP contribution is 2.28. The van der Waals surface area contributed by atoms with E-state index in [9.17, 15) is 0 Å². The SMILES string of the molecule is CCCOc1ccc(CNC(=NC)NCc2ncnn2C)cc1OC.I. The van der Waals surface area contributed by atoms with Crippen molar-refractivity contribution in [2.45, 2.75) is 26.4 Å². The van der Waals surface area contributed by atoms with Gasteiger partial charge >= 0.3 is 0 Å². The topological polar surface area (TPSA) is 85.6 Å². The van der Waals surface area contributed by atoms with Crippen molar-refractivity contribution in [2.75, 3.05) is 20.8 Å². The molecular formula is C17H27IN6O2. The molecule has 0 aliphatic heterocycles. The second-order valence-corrected chi connectivity index (χ2v) is 5.41. The standard InChI is InChI=1S/C17H26N6O2.HI/c1-5-8-25-14-7-6-13(9-15(14)24-4)10-19-17(18-2)20-11-16-21-12-22-23(16)3;/h6-7,9,12H,5,8,10-11H2,1-4H3,(H2,18,19,20);1H. The number of halogens is 1. The highest BCUT2D eigenvalue weighted by atomic mass is 127. The van der Waals surface area contributed by atoms with E-state index in [0.717, 1.165) is 29.3 Å². The van der Waals surface area contributed by atoms with Crippen LogP contribution in [0.15, 0.2) is 29.5 Å². The Kier molecular flexibility index (Phi) is 9.78. The number of guanidine groups is 1. The molecule has 0 radical (unpaired) electrons. The Morgan fingerprint density at radius 3 is 2.62 bits per heavy atom. The second kappa shape index (κ2) is 11.6. The van der Waals surface area contributed by atoms with Gasteiger partial charge in [0, 0.05) is 20.6 Å². The highest BCUT2D eigenvalue weighted by molar-refractivity contribution is 14.0. The molecule has 0 saturated heterocycles. The number of hydrogen-bond donors (Lipinski definition) is 2. The number of benzene rings is 1. The molecule has 2 rings (SSSR count). The van der Waals surface area contributed by atoms with E-state index in [4.69, 9.17) is 9.47 Å². The van der Waals surface area contributed by atoms with Crippen LogP contribution in [-0.4, -0.2) is 41.5 Å². The van der Waals surface area contributed by atoms with Gasteiger partial charge in [0.2, 0.25) is 0 Å². The summed E-state index contributed by atoms with van der Waals surface area (Å²) in [7, 11) is 5.23. The fourth-order valence-corrected chi connectivity index (χ4v) is 2.20. The molecule has 0 fully saturated rings. The fraction of sp³-hybridized carbons (Fsp3) is 0.471. The molecule has 1 heterocycles. The maximum Gasteiger partial charge on any atom is 0.191 e. The molecule has 0 amide bonds. The van der Waals surface area contributed by atoms with Crippen LogP contribution in [0.1, 0.15) is 24.7 Å². The van der Waals surface area contributed by atoms with Crippen LogP contribution in [0.25, 0.3) is 0 Å². The zero-order valence-corrected chi connectivity index (χ0v) is 18.0. The maximum atomic E-state index is 5.67. The van der Waals surface area contributed by atoms with Gasteiger partial charge in [-0.15, -0.1) is 24.0 Å². The molecule has 1 aromatic heterocycles. The highest BCUT2D eigenvalue weighted by Gasteiger charge is 2.07. The van der Waals surface area contributed by atoms with Crippen LogP contribution in [0.4, 0.5) is 0 Å². The van der Waals surface area contributed by atoms with E-state index in [1.165, 1.54) is 6.33 Å². The zero-order chi connectivity index (χ0) is 18.1. The predicted octanol–water partition coefficient (Wildman–Crippen LogP) is 2.10. The first-order valence-electron chi connectivity index (χ1n) is 8.25. The summed E-state index contributed by atoms with van der Waals surface area (Å²) >= 11 is 0. The number of methoxy groups -OCH3 is 1. The van der Waals surface area contributed by atoms with Crippen molar-refractivity contribution in [3.05, 3.63) is 35.9 Å². The molecule has 2 N–H and O–H groups in total. The smallest absolute Gasteiger partial charge is 0.191 e. The van der Waals surface area contributed by atoms with Crippen LogP contribution in [-0.2, 0) is 20.1 Å². The van der Waals surface area contributed by atoms with E-state index in [1.807, 2.05) is 25.2 Å². The van der Waals surface area contributed by atoms with Gasteiger partial charge in [-0.05, 0) is 24.1 Å². The number of ether oxygens (including phenoxy) is 2. The van der Waals surface area contributed by atoms with Crippen LogP contribution < -0.4 is 20.1 Å². The normalized spacial score (nSPS) is 10.8. The van der Waals surface area contributed by atoms with Crippen molar-refractivity contribution < 1.29 is 9.47 Å². The molecule has 144 valence electrons. The van der Waals surface area contributed by atoms with E-state index < -0.39 is 0 Å². The van der Waals surface area contributed by atoms with E-state index in [1.54, 1.807) is 18.8 Å². The van der Waals surface area contributed by atoms with Gasteiger partial charge in [0.15, 0.2) is 17.5 Å². The molecular weight excluding hydrogens is 447 g/mol. The first kappa shape index (κ1) is 22.0. The maximum absolute atomic E-state index is 5.67. The third-order valence-corrected chi connectivity index (χ3v) is 3.59. The van der Waals surface area contributed by atoms with Crippen LogP contribution in [0.3, 0.4) is 0 Å². The van der Waals surface area contributed by atoms with Gasteiger partial charge in [0.1, 0.15) is 12.2 Å². The Bertz CT molecular complexity index is 704. The van der Waals surface area contributed by atoms with E-state index in [2.05, 4.69) is 32.6 Å². The van der Waals surface area contributed by atoms with Gasteiger partial charge in [0.25, 0.3) is 0 Å². The van der Waals surface area contributed by atoms with Gasteiger partial charge in [-0.1, -0.05) is 13.0 Å². The Morgan fingerprint density at radius 2 is 2.00 bits per heavy atom. The largest absolute Gasteiger partial charge is 0.493 e. The first-order chi connectivity index (χ1) is 12.2. The average molecular weight is 474 g/mol. The third kappa shape index (κ3) is 6.36. The Labute approximate surface area is 171 Å². The Hall–Kier alpha value is -2.04. The van der Waals surface area contributed by atoms with Crippen molar-refractivity contribution >= 4 is 29.9 Å². The number of nitrogens with one attached hydrogen (secondary N) is 2. The average Bonchev–Trinajstić information content (AvgIpc) is 3.05. The summed E-state index contributed by atoms with van der Waals surface area (Å²) in [5.41, 5.74) is 1.07. The summed E-state index contributed by atoms with van der Waals surface area (Å²) in [4.78, 5) is 8.39. The number of aryl methyl sites for hydroxylation is 1. The Morgan fingerprint density at radius 1 is 1.23 bits per heavy atom. The molecule has 0 saturated carbocycles. The van der Waals surface area contributed by atoms with Crippen molar-refractivity contribution in [2.24, 2.45) is 12.0 Å². The van der Waals surface area contributed by atoms with E-state index in [-0.39, 0.29) is 24.0 Å². The summed E-state index contributed by atoms with van der Waals surface area (Å²) in [5.74, 6) is 3.02. The van der Waals surface area contributed by atoms with Gasteiger partial charge < -0.3 is 20.1 Å². The number of aromatic nitrogens is 3. The zero-order valence-electron chi connectivity index (χ0n) is 15.7. The summed E-state index contributed by atoms with van der Waals surface area (Å²) in [6, 6.07) is 5.91. The van der Waals surface area contributed by atoms with E-state index >= 15 is 0 Å². The molecule has 0 aliphatic carbocycles. The van der Waals surface area contributed by atoms with E-state index in [0.29, 0.717) is 25.7 Å². The number of rotatable bonds is 8. The number of nitrogens with zero attached hydrogens (tertiary/aromatic N) is 4. The van der Waals surface area contributed by atoms with Crippen molar-refractivity contribution in [1.82, 2.24) is 25.4 Å². The van der Waals surface area contributed by atoms with Gasteiger partial charge in [0.05, 0.1) is 20.3 Å². The lowest BCUT2D eigenvalue weighted by Gasteiger charge is -2.14. The van der Waals surface area contributed by atoms with Crippen molar-refractivity contribution in [3.63, 3.8) is 0 Å². The minimum Gasteiger partial charge on any atom is -0.493 e. The molecule has 0 spiro atoms. The number of hydrogen-bond acceptors (Lipinski definition) is 5. The third-order valence-electron chi connectivity index (χ3n) is 3.59. The molecule has 1 aromatic carbocycles. The molecule has 0 unspecified atom stereocenters. The van der Waals surface area contributed by atoms with Crippen molar-refractivity contribution in [1.29, 1.82) is 0 Å². The van der Waals surface area contributed by atoms with Crippen molar-refractivity contribution in [3.8, 4) is 11.5 Å². The fourth-order valence-electron chi connectivity index (χ4n) is 2.20. The molecule has 26 heavy (non-hydrogen) atoms. The lowest BCUT2D eigenvalue weighted by atomic mass is 10.2. The van der Waals surface area contributed by atoms with Crippen LogP contribution in [0.5, 0.6) is 11.5 Å². The summed E-state index contributed by atoms with van der Waals surface area (Å²) < 4.78 is 12.8. The summed E-state index contributed by atoms with van der Waals surface area (Å²) in [6.45, 7) is 3.91. The first-order valence-corrected chi connectivity index (χ1v) is 8.25. The van der Waals surface area contributed by atoms with Gasteiger partial charge in [-0.3, -0.25) is 9.67 Å².